The number of sulfone groups is 1. The van der Waals surface area contributed by atoms with Crippen molar-refractivity contribution in [2.24, 2.45) is 0 Å². The number of ether oxygens (including phenoxy) is 1. The molecule has 0 spiro atoms. The predicted molar refractivity (Wildman–Crippen MR) is 116 cm³/mol. The standard InChI is InChI=1S/C22H14F4N2O4S2/c23-20-16(32-22(24,25)26)2-1-3-19(20)34(30,31)15-6-4-13(5-7-15)11-28-21(29)17-10-14-8-9-27-12-18(14)33-17/h1-10,12H,11H2,(H,28,29). The number of nitrogens with zero attached hydrogens (tertiary/aromatic N) is 1. The monoisotopic (exact) mass is 510 g/mol. The molecule has 0 bridgehead atoms. The van der Waals surface area contributed by atoms with Crippen molar-refractivity contribution in [1.29, 1.82) is 0 Å². The summed E-state index contributed by atoms with van der Waals surface area (Å²) < 4.78 is 81.7. The van der Waals surface area contributed by atoms with Crippen LogP contribution in [0.2, 0.25) is 0 Å². The molecule has 0 aliphatic carbocycles. The Kier molecular flexibility index (Phi) is 6.28. The van der Waals surface area contributed by atoms with Gasteiger partial charge in [0.25, 0.3) is 5.91 Å². The van der Waals surface area contributed by atoms with Gasteiger partial charge in [-0.3, -0.25) is 9.78 Å². The molecule has 0 radical (unpaired) electrons. The number of pyridine rings is 1. The number of fused-ring (bicyclic) bond motifs is 1. The number of rotatable bonds is 6. The first-order chi connectivity index (χ1) is 16.0. The SMILES string of the molecule is O=C(NCc1ccc(S(=O)(=O)c2cccc(OC(F)(F)F)c2F)cc1)c1cc2ccncc2s1. The van der Waals surface area contributed by atoms with Crippen LogP contribution in [0.5, 0.6) is 5.75 Å². The minimum Gasteiger partial charge on any atom is -0.403 e. The number of carbonyl (C=O) groups excluding carboxylic acids is 1. The van der Waals surface area contributed by atoms with Crippen molar-refractivity contribution < 1.29 is 35.5 Å². The first kappa shape index (κ1) is 23.6. The molecule has 4 rings (SSSR count). The van der Waals surface area contributed by atoms with Crippen molar-refractivity contribution in [2.45, 2.75) is 22.7 Å². The fraction of sp³-hybridized carbons (Fsp3) is 0.0909. The first-order valence-corrected chi connectivity index (χ1v) is 11.8. The van der Waals surface area contributed by atoms with E-state index in [1.807, 2.05) is 0 Å². The van der Waals surface area contributed by atoms with Crippen LogP contribution in [0.15, 0.2) is 76.8 Å². The van der Waals surface area contributed by atoms with Crippen LogP contribution in [0.4, 0.5) is 17.6 Å². The summed E-state index contributed by atoms with van der Waals surface area (Å²) in [5.74, 6) is -3.21. The number of carbonyl (C=O) groups is 1. The third-order valence-corrected chi connectivity index (χ3v) is 7.55. The molecule has 0 fully saturated rings. The smallest absolute Gasteiger partial charge is 0.403 e. The maximum atomic E-state index is 14.5. The van der Waals surface area contributed by atoms with Crippen molar-refractivity contribution in [3.05, 3.63) is 83.2 Å². The topological polar surface area (TPSA) is 85.4 Å². The van der Waals surface area contributed by atoms with Crippen LogP contribution in [0.25, 0.3) is 10.1 Å². The highest BCUT2D eigenvalue weighted by Crippen LogP contribution is 2.32. The molecular weight excluding hydrogens is 496 g/mol. The van der Waals surface area contributed by atoms with E-state index in [0.717, 1.165) is 22.2 Å². The molecule has 2 aromatic heterocycles. The second-order valence-corrected chi connectivity index (χ2v) is 9.97. The van der Waals surface area contributed by atoms with Crippen molar-refractivity contribution in [3.63, 3.8) is 0 Å². The van der Waals surface area contributed by atoms with E-state index in [-0.39, 0.29) is 17.3 Å². The number of hydrogen-bond donors (Lipinski definition) is 1. The van der Waals surface area contributed by atoms with Gasteiger partial charge in [0.1, 0.15) is 4.90 Å². The van der Waals surface area contributed by atoms with Gasteiger partial charge in [0.15, 0.2) is 11.6 Å². The fourth-order valence-corrected chi connectivity index (χ4v) is 5.37. The van der Waals surface area contributed by atoms with Crippen molar-refractivity contribution in [1.82, 2.24) is 10.3 Å². The number of hydrogen-bond acceptors (Lipinski definition) is 6. The summed E-state index contributed by atoms with van der Waals surface area (Å²) >= 11 is 1.28. The lowest BCUT2D eigenvalue weighted by molar-refractivity contribution is -0.275. The quantitative estimate of drug-likeness (QED) is 0.365. The largest absolute Gasteiger partial charge is 0.573 e. The second kappa shape index (κ2) is 9.03. The van der Waals surface area contributed by atoms with Crippen LogP contribution in [0, 0.1) is 5.82 Å². The molecule has 176 valence electrons. The van der Waals surface area contributed by atoms with Crippen LogP contribution < -0.4 is 10.1 Å². The molecule has 0 saturated heterocycles. The van der Waals surface area contributed by atoms with Gasteiger partial charge in [-0.1, -0.05) is 18.2 Å². The first-order valence-electron chi connectivity index (χ1n) is 9.55. The predicted octanol–water partition coefficient (Wildman–Crippen LogP) is 5.10. The number of halogens is 4. The van der Waals surface area contributed by atoms with Gasteiger partial charge in [-0.05, 0) is 47.3 Å². The molecule has 0 unspecified atom stereocenters. The summed E-state index contributed by atoms with van der Waals surface area (Å²) in [6.45, 7) is 0.0922. The van der Waals surface area contributed by atoms with E-state index < -0.39 is 32.7 Å². The zero-order valence-electron chi connectivity index (χ0n) is 17.0. The van der Waals surface area contributed by atoms with Gasteiger partial charge in [0, 0.05) is 18.9 Å². The fourth-order valence-electron chi connectivity index (χ4n) is 3.08. The number of aromatic nitrogens is 1. The third kappa shape index (κ3) is 5.02. The number of benzene rings is 2. The van der Waals surface area contributed by atoms with Crippen molar-refractivity contribution in [3.8, 4) is 5.75 Å². The molecule has 0 aliphatic rings. The minimum atomic E-state index is -5.18. The van der Waals surface area contributed by atoms with E-state index in [1.54, 1.807) is 24.5 Å². The van der Waals surface area contributed by atoms with Crippen molar-refractivity contribution >= 4 is 37.2 Å². The van der Waals surface area contributed by atoms with Gasteiger partial charge in [0.05, 0.1) is 14.5 Å². The van der Waals surface area contributed by atoms with E-state index in [0.29, 0.717) is 16.5 Å². The molecule has 1 amide bonds. The van der Waals surface area contributed by atoms with Gasteiger partial charge in [-0.25, -0.2) is 12.8 Å². The lowest BCUT2D eigenvalue weighted by Crippen LogP contribution is -2.21. The number of nitrogens with one attached hydrogen (secondary N) is 1. The Labute approximate surface area is 194 Å². The summed E-state index contributed by atoms with van der Waals surface area (Å²) in [5.41, 5.74) is 0.560. The highest BCUT2D eigenvalue weighted by atomic mass is 32.2. The van der Waals surface area contributed by atoms with Crippen LogP contribution in [0.1, 0.15) is 15.2 Å². The maximum Gasteiger partial charge on any atom is 0.573 e. The van der Waals surface area contributed by atoms with Gasteiger partial charge in [-0.2, -0.15) is 0 Å². The van der Waals surface area contributed by atoms with Crippen LogP contribution in [-0.4, -0.2) is 25.7 Å². The van der Waals surface area contributed by atoms with E-state index in [1.165, 1.54) is 35.6 Å². The molecule has 0 atom stereocenters. The molecule has 2 heterocycles. The van der Waals surface area contributed by atoms with Gasteiger partial charge in [0.2, 0.25) is 9.84 Å². The highest BCUT2D eigenvalue weighted by molar-refractivity contribution is 7.91. The van der Waals surface area contributed by atoms with Gasteiger partial charge < -0.3 is 10.1 Å². The van der Waals surface area contributed by atoms with Crippen LogP contribution in [-0.2, 0) is 16.4 Å². The van der Waals surface area contributed by atoms with Gasteiger partial charge in [-0.15, -0.1) is 24.5 Å². The Balaban J connectivity index is 1.48. The average molecular weight is 510 g/mol. The zero-order chi connectivity index (χ0) is 24.5. The maximum absolute atomic E-state index is 14.5. The molecule has 34 heavy (non-hydrogen) atoms. The molecule has 4 aromatic rings. The Hall–Kier alpha value is -3.51. The van der Waals surface area contributed by atoms with E-state index in [9.17, 15) is 30.8 Å². The lowest BCUT2D eigenvalue weighted by Gasteiger charge is -2.12. The molecule has 12 heteroatoms. The van der Waals surface area contributed by atoms with E-state index in [2.05, 4.69) is 15.0 Å². The van der Waals surface area contributed by atoms with E-state index in [4.69, 9.17) is 0 Å². The summed E-state index contributed by atoms with van der Waals surface area (Å²) in [5, 5.41) is 3.61. The van der Waals surface area contributed by atoms with Crippen molar-refractivity contribution in [2.75, 3.05) is 0 Å². The van der Waals surface area contributed by atoms with Crippen LogP contribution >= 0.6 is 11.3 Å². The molecular formula is C22H14F4N2O4S2. The molecule has 6 nitrogen and oxygen atoms in total. The number of amides is 1. The Morgan fingerprint density at radius 1 is 1.09 bits per heavy atom. The second-order valence-electron chi connectivity index (χ2n) is 6.97. The lowest BCUT2D eigenvalue weighted by atomic mass is 10.2. The Morgan fingerprint density at radius 3 is 2.50 bits per heavy atom. The minimum absolute atomic E-state index is 0.0922. The molecule has 2 aromatic carbocycles. The molecule has 0 aliphatic heterocycles. The Bertz CT molecular complexity index is 1430. The number of alkyl halides is 3. The molecule has 1 N–H and O–H groups in total. The normalized spacial score (nSPS) is 12.0. The van der Waals surface area contributed by atoms with Gasteiger partial charge >= 0.3 is 6.36 Å². The Morgan fingerprint density at radius 2 is 1.82 bits per heavy atom. The highest BCUT2D eigenvalue weighted by Gasteiger charge is 2.34. The van der Waals surface area contributed by atoms with E-state index >= 15 is 0 Å². The summed E-state index contributed by atoms with van der Waals surface area (Å²) in [4.78, 5) is 15.6. The number of thiophene rings is 1. The summed E-state index contributed by atoms with van der Waals surface area (Å²) in [6.07, 6.45) is -1.90. The summed E-state index contributed by atoms with van der Waals surface area (Å²) in [7, 11) is -4.47. The summed E-state index contributed by atoms with van der Waals surface area (Å²) in [6, 6.07) is 11.2. The zero-order valence-corrected chi connectivity index (χ0v) is 18.6. The third-order valence-electron chi connectivity index (χ3n) is 4.68. The van der Waals surface area contributed by atoms with Crippen LogP contribution in [0.3, 0.4) is 0 Å². The average Bonchev–Trinajstić information content (AvgIpc) is 3.23. The molecule has 0 saturated carbocycles.